The van der Waals surface area contributed by atoms with Crippen molar-refractivity contribution in [3.63, 3.8) is 0 Å². The predicted molar refractivity (Wildman–Crippen MR) is 229 cm³/mol. The molecule has 0 aliphatic rings. The summed E-state index contributed by atoms with van der Waals surface area (Å²) >= 11 is 0. The molecule has 0 saturated heterocycles. The normalized spacial score (nSPS) is 11.9. The molecule has 12 aromatic rings. The molecule has 0 bridgehead atoms. The first-order chi connectivity index (χ1) is 27.7. The lowest BCUT2D eigenvalue weighted by Crippen LogP contribution is -2.10. The van der Waals surface area contributed by atoms with Crippen LogP contribution in [0.15, 0.2) is 195 Å². The summed E-state index contributed by atoms with van der Waals surface area (Å²) in [7, 11) is 0. The lowest BCUT2D eigenvalue weighted by molar-refractivity contribution is 0.620. The number of para-hydroxylation sites is 1. The van der Waals surface area contributed by atoms with Crippen LogP contribution in [-0.2, 0) is 0 Å². The SMILES string of the molecule is c1ccc(-c2cccc(N(c3ccc4c(c3)oc3c5ccccc5ccc43)c3cccc4c3oc3cccc(-c5nc6c(ccc7ccccc76)o5)c34)c2)cc1. The molecule has 0 spiro atoms. The first-order valence-corrected chi connectivity index (χ1v) is 18.8. The van der Waals surface area contributed by atoms with Gasteiger partial charge in [-0.3, -0.25) is 0 Å². The van der Waals surface area contributed by atoms with Crippen LogP contribution in [-0.4, -0.2) is 4.98 Å². The second kappa shape index (κ2) is 11.9. The molecule has 0 amide bonds. The molecule has 3 heterocycles. The number of benzene rings is 9. The van der Waals surface area contributed by atoms with Crippen molar-refractivity contribution in [3.05, 3.63) is 182 Å². The maximum absolute atomic E-state index is 6.88. The van der Waals surface area contributed by atoms with Gasteiger partial charge in [-0.15, -0.1) is 0 Å². The van der Waals surface area contributed by atoms with E-state index < -0.39 is 0 Å². The summed E-state index contributed by atoms with van der Waals surface area (Å²) in [6, 6.07) is 63.2. The number of furan rings is 2. The molecule has 262 valence electrons. The van der Waals surface area contributed by atoms with E-state index in [1.807, 2.05) is 36.4 Å². The van der Waals surface area contributed by atoms with Crippen LogP contribution in [0.5, 0.6) is 0 Å². The number of oxazole rings is 1. The minimum atomic E-state index is 0.560. The van der Waals surface area contributed by atoms with E-state index in [0.29, 0.717) is 5.89 Å². The third kappa shape index (κ3) is 4.64. The van der Waals surface area contributed by atoms with E-state index in [9.17, 15) is 0 Å². The zero-order chi connectivity index (χ0) is 36.7. The molecular formula is C51H30N2O3. The highest BCUT2D eigenvalue weighted by Crippen LogP contribution is 2.46. The second-order valence-electron chi connectivity index (χ2n) is 14.3. The first-order valence-electron chi connectivity index (χ1n) is 18.8. The molecule has 0 aliphatic heterocycles. The Kier molecular flexibility index (Phi) is 6.56. The minimum absolute atomic E-state index is 0.560. The summed E-state index contributed by atoms with van der Waals surface area (Å²) in [5.41, 5.74) is 10.8. The Hall–Kier alpha value is -7.63. The maximum Gasteiger partial charge on any atom is 0.228 e. The Morgan fingerprint density at radius 3 is 2.00 bits per heavy atom. The fourth-order valence-electron chi connectivity index (χ4n) is 8.48. The van der Waals surface area contributed by atoms with Crippen molar-refractivity contribution in [3.8, 4) is 22.6 Å². The van der Waals surface area contributed by atoms with E-state index in [0.717, 1.165) is 110 Å². The lowest BCUT2D eigenvalue weighted by atomic mass is 10.0. The van der Waals surface area contributed by atoms with Gasteiger partial charge in [0, 0.05) is 49.6 Å². The van der Waals surface area contributed by atoms with E-state index in [1.165, 1.54) is 0 Å². The quantitative estimate of drug-likeness (QED) is 0.177. The molecule has 12 rings (SSSR count). The van der Waals surface area contributed by atoms with Gasteiger partial charge in [-0.25, -0.2) is 4.98 Å². The van der Waals surface area contributed by atoms with Gasteiger partial charge in [-0.1, -0.05) is 121 Å². The van der Waals surface area contributed by atoms with Crippen molar-refractivity contribution in [1.29, 1.82) is 0 Å². The van der Waals surface area contributed by atoms with Gasteiger partial charge in [-0.2, -0.15) is 0 Å². The number of aromatic nitrogens is 1. The zero-order valence-corrected chi connectivity index (χ0v) is 29.9. The summed E-state index contributed by atoms with van der Waals surface area (Å²) in [5, 5.41) is 8.55. The van der Waals surface area contributed by atoms with Crippen LogP contribution in [0.3, 0.4) is 0 Å². The third-order valence-electron chi connectivity index (χ3n) is 11.1. The van der Waals surface area contributed by atoms with Crippen molar-refractivity contribution in [2.45, 2.75) is 0 Å². The van der Waals surface area contributed by atoms with Gasteiger partial charge in [0.1, 0.15) is 22.3 Å². The minimum Gasteiger partial charge on any atom is -0.455 e. The Balaban J connectivity index is 1.09. The van der Waals surface area contributed by atoms with Crippen LogP contribution in [0.4, 0.5) is 17.1 Å². The number of fused-ring (bicyclic) bond motifs is 11. The summed E-state index contributed by atoms with van der Waals surface area (Å²) in [6.45, 7) is 0. The molecule has 0 fully saturated rings. The molecular weight excluding hydrogens is 689 g/mol. The van der Waals surface area contributed by atoms with Gasteiger partial charge in [0.15, 0.2) is 11.2 Å². The molecule has 9 aromatic carbocycles. The van der Waals surface area contributed by atoms with Crippen LogP contribution >= 0.6 is 0 Å². The molecule has 0 saturated carbocycles. The highest BCUT2D eigenvalue weighted by molar-refractivity contribution is 6.17. The fraction of sp³-hybridized carbons (Fsp3) is 0. The van der Waals surface area contributed by atoms with E-state index in [1.54, 1.807) is 0 Å². The highest BCUT2D eigenvalue weighted by Gasteiger charge is 2.24. The van der Waals surface area contributed by atoms with E-state index in [-0.39, 0.29) is 0 Å². The summed E-state index contributed by atoms with van der Waals surface area (Å²) in [4.78, 5) is 7.35. The van der Waals surface area contributed by atoms with Gasteiger partial charge in [-0.05, 0) is 76.5 Å². The average Bonchev–Trinajstić information content (AvgIpc) is 3.98. The van der Waals surface area contributed by atoms with Crippen LogP contribution in [0, 0.1) is 0 Å². The Morgan fingerprint density at radius 2 is 1.09 bits per heavy atom. The topological polar surface area (TPSA) is 55.6 Å². The third-order valence-corrected chi connectivity index (χ3v) is 11.1. The van der Waals surface area contributed by atoms with Crippen molar-refractivity contribution >= 4 is 93.6 Å². The summed E-state index contributed by atoms with van der Waals surface area (Å²) in [6.07, 6.45) is 0. The van der Waals surface area contributed by atoms with Gasteiger partial charge < -0.3 is 18.2 Å². The summed E-state index contributed by atoms with van der Waals surface area (Å²) < 4.78 is 20.1. The number of hydrogen-bond acceptors (Lipinski definition) is 5. The highest BCUT2D eigenvalue weighted by atomic mass is 16.4. The smallest absolute Gasteiger partial charge is 0.228 e. The van der Waals surface area contributed by atoms with Crippen LogP contribution in [0.25, 0.3) is 99.1 Å². The van der Waals surface area contributed by atoms with Crippen LogP contribution in [0.1, 0.15) is 0 Å². The maximum atomic E-state index is 6.88. The number of anilines is 3. The molecule has 3 aromatic heterocycles. The Labute approximate surface area is 320 Å². The Morgan fingerprint density at radius 1 is 0.393 bits per heavy atom. The predicted octanol–water partition coefficient (Wildman–Crippen LogP) is 14.7. The molecule has 0 radical (unpaired) electrons. The van der Waals surface area contributed by atoms with Crippen molar-refractivity contribution in [2.75, 3.05) is 4.90 Å². The number of rotatable bonds is 5. The molecule has 0 unspecified atom stereocenters. The zero-order valence-electron chi connectivity index (χ0n) is 29.9. The Bertz CT molecular complexity index is 3500. The van der Waals surface area contributed by atoms with E-state index >= 15 is 0 Å². The molecule has 0 atom stereocenters. The van der Waals surface area contributed by atoms with Crippen molar-refractivity contribution in [1.82, 2.24) is 4.98 Å². The average molecular weight is 719 g/mol. The summed E-state index contributed by atoms with van der Waals surface area (Å²) in [5.74, 6) is 0.560. The van der Waals surface area contributed by atoms with Gasteiger partial charge in [0.2, 0.25) is 5.89 Å². The second-order valence-corrected chi connectivity index (χ2v) is 14.3. The monoisotopic (exact) mass is 718 g/mol. The molecule has 56 heavy (non-hydrogen) atoms. The molecule has 0 aliphatic carbocycles. The van der Waals surface area contributed by atoms with Gasteiger partial charge in [0.25, 0.3) is 0 Å². The van der Waals surface area contributed by atoms with Gasteiger partial charge >= 0.3 is 0 Å². The molecule has 5 nitrogen and oxygen atoms in total. The number of hydrogen-bond donors (Lipinski definition) is 0. The van der Waals surface area contributed by atoms with Crippen molar-refractivity contribution in [2.24, 2.45) is 0 Å². The van der Waals surface area contributed by atoms with Crippen molar-refractivity contribution < 1.29 is 13.3 Å². The number of nitrogens with zero attached hydrogens (tertiary/aromatic N) is 2. The molecule has 5 heteroatoms. The standard InChI is InChI=1S/C51H30N2O3/c1-2-11-31(12-3-1)34-15-8-16-35(29-34)53(36-25-27-39-40-26-23-33-14-5-7-18-38(33)49(40)55-46(39)30-36)43-21-9-19-41-47-42(20-10-22-44(47)54-50(41)43)51-52-48-37-17-6-4-13-32(37)24-28-45(48)56-51/h1-30H. The van der Waals surface area contributed by atoms with E-state index in [2.05, 4.69) is 150 Å². The first kappa shape index (κ1) is 30.8. The van der Waals surface area contributed by atoms with Crippen LogP contribution in [0.2, 0.25) is 0 Å². The van der Waals surface area contributed by atoms with Gasteiger partial charge in [0.05, 0.1) is 11.4 Å². The van der Waals surface area contributed by atoms with E-state index in [4.69, 9.17) is 18.2 Å². The fourth-order valence-corrected chi connectivity index (χ4v) is 8.48. The largest absolute Gasteiger partial charge is 0.455 e. The molecule has 0 N–H and O–H groups in total. The lowest BCUT2D eigenvalue weighted by Gasteiger charge is -2.26. The van der Waals surface area contributed by atoms with Crippen LogP contribution < -0.4 is 4.90 Å².